The summed E-state index contributed by atoms with van der Waals surface area (Å²) in [6, 6.07) is 3.71. The topological polar surface area (TPSA) is 73.7 Å². The Morgan fingerprint density at radius 1 is 1.43 bits per heavy atom. The number of pyridine rings is 1. The fourth-order valence-electron chi connectivity index (χ4n) is 1.76. The zero-order valence-electron chi connectivity index (χ0n) is 11.5. The van der Waals surface area contributed by atoms with E-state index in [-0.39, 0.29) is 18.7 Å². The van der Waals surface area contributed by atoms with E-state index in [2.05, 4.69) is 4.98 Å². The molecule has 0 fully saturated rings. The molecule has 0 radical (unpaired) electrons. The summed E-state index contributed by atoms with van der Waals surface area (Å²) in [4.78, 5) is 15.7. The minimum atomic E-state index is -4.47. The molecular weight excluding hydrogens is 289 g/mol. The Morgan fingerprint density at radius 3 is 2.67 bits per heavy atom. The fraction of sp³-hybridized carbons (Fsp3) is 0.538. The molecule has 118 valence electrons. The van der Waals surface area contributed by atoms with E-state index in [0.717, 1.165) is 6.07 Å². The summed E-state index contributed by atoms with van der Waals surface area (Å²) in [5.74, 6) is -1.28. The van der Waals surface area contributed by atoms with Crippen LogP contribution in [0.25, 0.3) is 0 Å². The number of carboxylic acids is 1. The quantitative estimate of drug-likeness (QED) is 0.803. The standard InChI is InChI=1S/C13H17F3N2O3/c1-18(7-3-5-10(19)12(20)21)8-9-4-2-6-11(17-9)13(14,15)16/h2,4,6,10,19H,3,5,7-8H2,1H3,(H,20,21). The van der Waals surface area contributed by atoms with E-state index in [0.29, 0.717) is 13.0 Å². The van der Waals surface area contributed by atoms with Crippen LogP contribution in [0.5, 0.6) is 0 Å². The Kier molecular flexibility index (Phi) is 6.10. The first-order valence-corrected chi connectivity index (χ1v) is 6.32. The Hall–Kier alpha value is -1.67. The van der Waals surface area contributed by atoms with Crippen LogP contribution < -0.4 is 0 Å². The number of aromatic nitrogens is 1. The Balaban J connectivity index is 2.48. The third-order valence-corrected chi connectivity index (χ3v) is 2.83. The van der Waals surface area contributed by atoms with Crippen LogP contribution >= 0.6 is 0 Å². The minimum Gasteiger partial charge on any atom is -0.479 e. The van der Waals surface area contributed by atoms with Gasteiger partial charge in [0.25, 0.3) is 0 Å². The molecule has 0 aliphatic rings. The molecule has 0 bridgehead atoms. The van der Waals surface area contributed by atoms with Crippen LogP contribution in [0.15, 0.2) is 18.2 Å². The van der Waals surface area contributed by atoms with E-state index < -0.39 is 23.9 Å². The SMILES string of the molecule is CN(CCCC(O)C(=O)O)Cc1cccc(C(F)(F)F)n1. The minimum absolute atomic E-state index is 0.0929. The molecule has 0 saturated carbocycles. The van der Waals surface area contributed by atoms with Gasteiger partial charge in [0.05, 0.1) is 5.69 Å². The summed E-state index contributed by atoms with van der Waals surface area (Å²) in [5, 5.41) is 17.6. The van der Waals surface area contributed by atoms with Gasteiger partial charge < -0.3 is 15.1 Å². The van der Waals surface area contributed by atoms with Gasteiger partial charge in [0, 0.05) is 6.54 Å². The molecule has 0 spiro atoms. The lowest BCUT2D eigenvalue weighted by Gasteiger charge is -2.17. The first-order chi connectivity index (χ1) is 9.70. The highest BCUT2D eigenvalue weighted by Gasteiger charge is 2.32. The van der Waals surface area contributed by atoms with E-state index in [9.17, 15) is 18.0 Å². The van der Waals surface area contributed by atoms with E-state index >= 15 is 0 Å². The number of halogens is 3. The van der Waals surface area contributed by atoms with Gasteiger partial charge in [-0.3, -0.25) is 0 Å². The number of carbonyl (C=O) groups is 1. The molecule has 5 nitrogen and oxygen atoms in total. The molecule has 0 amide bonds. The fourth-order valence-corrected chi connectivity index (χ4v) is 1.76. The van der Waals surface area contributed by atoms with Crippen molar-refractivity contribution in [2.75, 3.05) is 13.6 Å². The number of aliphatic carboxylic acids is 1. The highest BCUT2D eigenvalue weighted by Crippen LogP contribution is 2.27. The largest absolute Gasteiger partial charge is 0.479 e. The van der Waals surface area contributed by atoms with Crippen molar-refractivity contribution in [2.45, 2.75) is 31.7 Å². The van der Waals surface area contributed by atoms with Crippen LogP contribution in [0.3, 0.4) is 0 Å². The second kappa shape index (κ2) is 7.37. The first-order valence-electron chi connectivity index (χ1n) is 6.32. The Labute approximate surface area is 120 Å². The van der Waals surface area contributed by atoms with Crippen LogP contribution in [-0.4, -0.2) is 45.8 Å². The van der Waals surface area contributed by atoms with E-state index in [1.165, 1.54) is 12.1 Å². The van der Waals surface area contributed by atoms with Gasteiger partial charge in [0.1, 0.15) is 5.69 Å². The molecule has 1 heterocycles. The lowest BCUT2D eigenvalue weighted by atomic mass is 10.2. The van der Waals surface area contributed by atoms with Crippen molar-refractivity contribution in [1.82, 2.24) is 9.88 Å². The van der Waals surface area contributed by atoms with Gasteiger partial charge in [-0.05, 0) is 38.6 Å². The third kappa shape index (κ3) is 6.09. The van der Waals surface area contributed by atoms with Crippen LogP contribution in [0.4, 0.5) is 13.2 Å². The highest BCUT2D eigenvalue weighted by molar-refractivity contribution is 5.71. The van der Waals surface area contributed by atoms with Gasteiger partial charge in [0.15, 0.2) is 6.10 Å². The maximum atomic E-state index is 12.5. The number of alkyl halides is 3. The summed E-state index contributed by atoms with van der Waals surface area (Å²) < 4.78 is 37.5. The summed E-state index contributed by atoms with van der Waals surface area (Å²) in [6.07, 6.45) is -5.37. The predicted octanol–water partition coefficient (Wildman–Crippen LogP) is 1.76. The van der Waals surface area contributed by atoms with Gasteiger partial charge in [-0.25, -0.2) is 9.78 Å². The molecular formula is C13H17F3N2O3. The molecule has 21 heavy (non-hydrogen) atoms. The number of rotatable bonds is 7. The Bertz CT molecular complexity index is 480. The monoisotopic (exact) mass is 306 g/mol. The number of hydrogen-bond donors (Lipinski definition) is 2. The van der Waals surface area contributed by atoms with E-state index in [1.807, 2.05) is 0 Å². The molecule has 0 aromatic carbocycles. The van der Waals surface area contributed by atoms with Crippen LogP contribution in [0.2, 0.25) is 0 Å². The smallest absolute Gasteiger partial charge is 0.433 e. The van der Waals surface area contributed by atoms with Crippen molar-refractivity contribution in [3.8, 4) is 0 Å². The predicted molar refractivity (Wildman–Crippen MR) is 68.4 cm³/mol. The van der Waals surface area contributed by atoms with Crippen LogP contribution in [0, 0.1) is 0 Å². The van der Waals surface area contributed by atoms with Crippen LogP contribution in [-0.2, 0) is 17.5 Å². The molecule has 2 N–H and O–H groups in total. The van der Waals surface area contributed by atoms with Crippen molar-refractivity contribution in [2.24, 2.45) is 0 Å². The number of nitrogens with zero attached hydrogens (tertiary/aromatic N) is 2. The average Bonchev–Trinajstić information content (AvgIpc) is 2.37. The number of hydrogen-bond acceptors (Lipinski definition) is 4. The molecule has 1 atom stereocenters. The average molecular weight is 306 g/mol. The lowest BCUT2D eigenvalue weighted by Crippen LogP contribution is -2.24. The van der Waals surface area contributed by atoms with E-state index in [4.69, 9.17) is 10.2 Å². The first kappa shape index (κ1) is 17.4. The molecule has 0 aliphatic heterocycles. The van der Waals surface area contributed by atoms with Gasteiger partial charge in [-0.15, -0.1) is 0 Å². The zero-order chi connectivity index (χ0) is 16.0. The summed E-state index contributed by atoms with van der Waals surface area (Å²) in [6.45, 7) is 0.662. The van der Waals surface area contributed by atoms with Gasteiger partial charge in [-0.1, -0.05) is 6.07 Å². The third-order valence-electron chi connectivity index (χ3n) is 2.83. The number of carboxylic acid groups (broad SMARTS) is 1. The molecule has 8 heteroatoms. The maximum absolute atomic E-state index is 12.5. The summed E-state index contributed by atoms with van der Waals surface area (Å²) in [7, 11) is 1.69. The van der Waals surface area contributed by atoms with Crippen molar-refractivity contribution in [1.29, 1.82) is 0 Å². The lowest BCUT2D eigenvalue weighted by molar-refractivity contribution is -0.147. The molecule has 1 unspecified atom stereocenters. The second-order valence-electron chi connectivity index (χ2n) is 4.75. The number of aliphatic hydroxyl groups is 1. The molecule has 1 rings (SSSR count). The molecule has 0 saturated heterocycles. The summed E-state index contributed by atoms with van der Waals surface area (Å²) >= 11 is 0. The van der Waals surface area contributed by atoms with Gasteiger partial charge in [-0.2, -0.15) is 13.2 Å². The van der Waals surface area contributed by atoms with Crippen molar-refractivity contribution in [3.05, 3.63) is 29.6 Å². The number of aliphatic hydroxyl groups excluding tert-OH is 1. The van der Waals surface area contributed by atoms with Crippen LogP contribution in [0.1, 0.15) is 24.2 Å². The zero-order valence-corrected chi connectivity index (χ0v) is 11.5. The summed E-state index contributed by atoms with van der Waals surface area (Å²) in [5.41, 5.74) is -0.652. The maximum Gasteiger partial charge on any atom is 0.433 e. The van der Waals surface area contributed by atoms with Gasteiger partial charge in [0.2, 0.25) is 0 Å². The van der Waals surface area contributed by atoms with E-state index in [1.54, 1.807) is 11.9 Å². The second-order valence-corrected chi connectivity index (χ2v) is 4.75. The van der Waals surface area contributed by atoms with Crippen molar-refractivity contribution < 1.29 is 28.2 Å². The van der Waals surface area contributed by atoms with Crippen molar-refractivity contribution in [3.63, 3.8) is 0 Å². The molecule has 1 aromatic rings. The van der Waals surface area contributed by atoms with Crippen molar-refractivity contribution >= 4 is 5.97 Å². The normalized spacial score (nSPS) is 13.4. The molecule has 1 aromatic heterocycles. The molecule has 0 aliphatic carbocycles. The highest BCUT2D eigenvalue weighted by atomic mass is 19.4. The van der Waals surface area contributed by atoms with Gasteiger partial charge >= 0.3 is 12.1 Å². The Morgan fingerprint density at radius 2 is 2.10 bits per heavy atom.